The van der Waals surface area contributed by atoms with Crippen molar-refractivity contribution in [3.8, 4) is 0 Å². The van der Waals surface area contributed by atoms with Crippen LogP contribution >= 0.6 is 10.7 Å². The lowest BCUT2D eigenvalue weighted by atomic mass is 10.0. The Bertz CT molecular complexity index is 650. The molecule has 1 aliphatic rings. The quantitative estimate of drug-likeness (QED) is 0.481. The zero-order valence-electron chi connectivity index (χ0n) is 13.0. The van der Waals surface area contributed by atoms with Crippen molar-refractivity contribution < 1.29 is 13.8 Å². The Kier molecular flexibility index (Phi) is 5.59. The fourth-order valence-electron chi connectivity index (χ4n) is 2.47. The highest BCUT2D eigenvalue weighted by Crippen LogP contribution is 2.29. The van der Waals surface area contributed by atoms with E-state index in [4.69, 9.17) is 10.7 Å². The maximum Gasteiger partial charge on any atom is 0.249 e. The normalized spacial score (nSPS) is 22.9. The van der Waals surface area contributed by atoms with Crippen molar-refractivity contribution in [2.45, 2.75) is 37.7 Å². The van der Waals surface area contributed by atoms with Crippen LogP contribution in [0.4, 0.5) is 0 Å². The van der Waals surface area contributed by atoms with E-state index in [1.165, 1.54) is 4.90 Å². The van der Waals surface area contributed by atoms with Gasteiger partial charge in [-0.15, -0.1) is 0 Å². The summed E-state index contributed by atoms with van der Waals surface area (Å²) >= 11 is 0. The second-order valence-electron chi connectivity index (χ2n) is 5.61. The highest BCUT2D eigenvalue weighted by Gasteiger charge is 2.53. The van der Waals surface area contributed by atoms with Crippen molar-refractivity contribution in [3.63, 3.8) is 0 Å². The number of hydrogen-bond donors (Lipinski definition) is 1. The Morgan fingerprint density at radius 3 is 2.57 bits per heavy atom. The third kappa shape index (κ3) is 3.82. The third-order valence-corrected chi connectivity index (χ3v) is 5.35. The molecule has 0 aromatic heterocycles. The molecule has 7 heteroatoms. The first-order valence-corrected chi connectivity index (χ1v) is 9.24. The van der Waals surface area contributed by atoms with E-state index >= 15 is 0 Å². The van der Waals surface area contributed by atoms with Gasteiger partial charge in [0.1, 0.15) is 16.1 Å². The number of halogens is 1. The van der Waals surface area contributed by atoms with E-state index < -0.39 is 21.4 Å². The third-order valence-electron chi connectivity index (χ3n) is 3.92. The second kappa shape index (κ2) is 7.27. The van der Waals surface area contributed by atoms with Crippen molar-refractivity contribution in [2.75, 3.05) is 0 Å². The van der Waals surface area contributed by atoms with Gasteiger partial charge in [0.2, 0.25) is 11.8 Å². The van der Waals surface area contributed by atoms with Crippen LogP contribution in [0.25, 0.3) is 0 Å². The fourth-order valence-corrected chi connectivity index (χ4v) is 3.90. The lowest BCUT2D eigenvalue weighted by Crippen LogP contribution is -2.73. The summed E-state index contributed by atoms with van der Waals surface area (Å²) in [4.78, 5) is 25.8. The summed E-state index contributed by atoms with van der Waals surface area (Å²) < 4.78 is 11.8. The largest absolute Gasteiger partial charge is 0.341 e. The minimum Gasteiger partial charge on any atom is -0.341 e. The average molecular weight is 355 g/mol. The van der Waals surface area contributed by atoms with Gasteiger partial charge in [-0.05, 0) is 30.1 Å². The number of likely N-dealkylation sites (tertiary alicyclic amines) is 1. The highest BCUT2D eigenvalue weighted by atomic mass is 35.7. The smallest absolute Gasteiger partial charge is 0.249 e. The molecule has 124 valence electrons. The van der Waals surface area contributed by atoms with Crippen molar-refractivity contribution >= 4 is 32.5 Å². The summed E-state index contributed by atoms with van der Waals surface area (Å²) in [6.45, 7) is 7.38. The SMILES string of the molecule is C=C(C)C(C)N1C(=O)C(NC(=O)Cc2ccccc2)C1S(=O)Cl. The van der Waals surface area contributed by atoms with Crippen LogP contribution in [0.2, 0.25) is 0 Å². The molecule has 2 amide bonds. The number of carbonyl (C=O) groups is 2. The first kappa shape index (κ1) is 17.7. The van der Waals surface area contributed by atoms with E-state index in [9.17, 15) is 13.8 Å². The van der Waals surface area contributed by atoms with Crippen molar-refractivity contribution in [1.82, 2.24) is 10.2 Å². The predicted molar refractivity (Wildman–Crippen MR) is 91.0 cm³/mol. The summed E-state index contributed by atoms with van der Waals surface area (Å²) in [6, 6.07) is 8.06. The second-order valence-corrected chi connectivity index (χ2v) is 7.51. The molecule has 0 radical (unpaired) electrons. The van der Waals surface area contributed by atoms with Crippen LogP contribution in [0.15, 0.2) is 42.5 Å². The Morgan fingerprint density at radius 2 is 2.04 bits per heavy atom. The number of hydrogen-bond acceptors (Lipinski definition) is 3. The molecule has 1 N–H and O–H groups in total. The van der Waals surface area contributed by atoms with Gasteiger partial charge in [-0.3, -0.25) is 9.59 Å². The van der Waals surface area contributed by atoms with Crippen LogP contribution in [0.5, 0.6) is 0 Å². The number of nitrogens with zero attached hydrogens (tertiary/aromatic N) is 1. The number of β-lactam (4-membered cyclic amide) rings is 1. The van der Waals surface area contributed by atoms with Crippen molar-refractivity contribution in [1.29, 1.82) is 0 Å². The molecule has 4 atom stereocenters. The zero-order chi connectivity index (χ0) is 17.1. The van der Waals surface area contributed by atoms with Gasteiger partial charge in [0.05, 0.1) is 12.5 Å². The Hall–Kier alpha value is -1.66. The van der Waals surface area contributed by atoms with Gasteiger partial charge < -0.3 is 10.2 Å². The van der Waals surface area contributed by atoms with Gasteiger partial charge in [0, 0.05) is 0 Å². The molecule has 1 aromatic carbocycles. The molecule has 1 heterocycles. The molecule has 0 saturated carbocycles. The molecule has 4 unspecified atom stereocenters. The summed E-state index contributed by atoms with van der Waals surface area (Å²) in [5.41, 5.74) is 1.60. The van der Waals surface area contributed by atoms with Crippen LogP contribution in [0, 0.1) is 0 Å². The molecule has 1 fully saturated rings. The van der Waals surface area contributed by atoms with Gasteiger partial charge >= 0.3 is 0 Å². The lowest BCUT2D eigenvalue weighted by Gasteiger charge is -2.48. The Morgan fingerprint density at radius 1 is 1.43 bits per heavy atom. The van der Waals surface area contributed by atoms with E-state index in [1.54, 1.807) is 13.8 Å². The summed E-state index contributed by atoms with van der Waals surface area (Å²) in [5, 5.41) is 1.89. The first-order valence-electron chi connectivity index (χ1n) is 7.20. The number of carbonyl (C=O) groups excluding carboxylic acids is 2. The minimum absolute atomic E-state index is 0.155. The fraction of sp³-hybridized carbons (Fsp3) is 0.375. The Labute approximate surface area is 142 Å². The maximum atomic E-state index is 12.3. The summed E-state index contributed by atoms with van der Waals surface area (Å²) in [6.07, 6.45) is 0.155. The van der Waals surface area contributed by atoms with E-state index in [0.717, 1.165) is 11.1 Å². The van der Waals surface area contributed by atoms with Crippen LogP contribution < -0.4 is 5.32 Å². The van der Waals surface area contributed by atoms with E-state index in [2.05, 4.69) is 11.9 Å². The minimum atomic E-state index is -1.78. The topological polar surface area (TPSA) is 66.5 Å². The van der Waals surface area contributed by atoms with Crippen LogP contribution in [-0.4, -0.2) is 38.4 Å². The van der Waals surface area contributed by atoms with E-state index in [-0.39, 0.29) is 24.3 Å². The zero-order valence-corrected chi connectivity index (χ0v) is 14.6. The van der Waals surface area contributed by atoms with Crippen LogP contribution in [0.1, 0.15) is 19.4 Å². The first-order chi connectivity index (χ1) is 10.8. The molecule has 2 rings (SSSR count). The average Bonchev–Trinajstić information content (AvgIpc) is 2.49. The molecular weight excluding hydrogens is 336 g/mol. The molecule has 1 aromatic rings. The molecule has 1 aliphatic heterocycles. The molecule has 1 saturated heterocycles. The maximum absolute atomic E-state index is 12.3. The number of rotatable bonds is 6. The number of nitrogens with one attached hydrogen (secondary N) is 1. The van der Waals surface area contributed by atoms with Crippen LogP contribution in [0.3, 0.4) is 0 Å². The molecule has 0 bridgehead atoms. The molecular formula is C16H19ClN2O3S. The van der Waals surface area contributed by atoms with Crippen molar-refractivity contribution in [2.24, 2.45) is 0 Å². The van der Waals surface area contributed by atoms with Gasteiger partial charge in [-0.25, -0.2) is 4.21 Å². The standard InChI is InChI=1S/C16H19ClN2O3S/c1-10(2)11(3)19-15(21)14(16(19)23(17)22)18-13(20)9-12-7-5-4-6-8-12/h4-8,11,14,16H,1,9H2,2-3H3,(H,18,20). The van der Waals surface area contributed by atoms with E-state index in [0.29, 0.717) is 0 Å². The van der Waals surface area contributed by atoms with Crippen molar-refractivity contribution in [3.05, 3.63) is 48.0 Å². The number of benzene rings is 1. The van der Waals surface area contributed by atoms with Gasteiger partial charge in [0.25, 0.3) is 0 Å². The monoisotopic (exact) mass is 354 g/mol. The van der Waals surface area contributed by atoms with E-state index in [1.807, 2.05) is 30.3 Å². The molecule has 23 heavy (non-hydrogen) atoms. The Balaban J connectivity index is 2.05. The van der Waals surface area contributed by atoms with Gasteiger partial charge in [0.15, 0.2) is 5.37 Å². The van der Waals surface area contributed by atoms with Gasteiger partial charge in [-0.1, -0.05) is 42.5 Å². The summed E-state index contributed by atoms with van der Waals surface area (Å²) in [5.74, 6) is -0.592. The number of amides is 2. The van der Waals surface area contributed by atoms with Crippen LogP contribution in [-0.2, 0) is 26.0 Å². The molecule has 5 nitrogen and oxygen atoms in total. The molecule has 0 spiro atoms. The highest BCUT2D eigenvalue weighted by molar-refractivity contribution is 8.08. The lowest BCUT2D eigenvalue weighted by molar-refractivity contribution is -0.150. The summed E-state index contributed by atoms with van der Waals surface area (Å²) in [7, 11) is 3.94. The predicted octanol–water partition coefficient (Wildman–Crippen LogP) is 1.75. The molecule has 0 aliphatic carbocycles. The van der Waals surface area contributed by atoms with Gasteiger partial charge in [-0.2, -0.15) is 0 Å².